The number of benzene rings is 2. The van der Waals surface area contributed by atoms with Crippen molar-refractivity contribution in [3.05, 3.63) is 87.2 Å². The molecule has 44 heavy (non-hydrogen) atoms. The molecule has 0 bridgehead atoms. The van der Waals surface area contributed by atoms with Crippen LogP contribution >= 0.6 is 22.7 Å². The fraction of sp³-hybridized carbons (Fsp3) is 0.344. The number of ether oxygens (including phenoxy) is 1. The largest absolute Gasteiger partial charge is 0.491 e. The number of anilines is 2. The summed E-state index contributed by atoms with van der Waals surface area (Å²) in [5, 5.41) is 14.3. The lowest BCUT2D eigenvalue weighted by molar-refractivity contribution is 0.0690. The lowest BCUT2D eigenvalue weighted by Crippen LogP contribution is -2.34. The van der Waals surface area contributed by atoms with Crippen molar-refractivity contribution in [1.29, 1.82) is 0 Å². The molecule has 0 atom stereocenters. The van der Waals surface area contributed by atoms with Crippen molar-refractivity contribution in [2.24, 2.45) is 11.5 Å². The topological polar surface area (TPSA) is 140 Å². The molecule has 0 spiro atoms. The van der Waals surface area contributed by atoms with E-state index in [2.05, 4.69) is 15.3 Å². The van der Waals surface area contributed by atoms with Crippen molar-refractivity contribution in [3.63, 3.8) is 0 Å². The first-order valence-corrected chi connectivity index (χ1v) is 16.4. The normalized spacial score (nSPS) is 13.8. The molecule has 0 amide bonds. The zero-order valence-corrected chi connectivity index (χ0v) is 27.1. The molecule has 0 aliphatic carbocycles. The van der Waals surface area contributed by atoms with Gasteiger partial charge in [0.15, 0.2) is 27.5 Å². The van der Waals surface area contributed by atoms with Crippen LogP contribution in [0.3, 0.4) is 0 Å². The number of hydrogen-bond donors (Lipinski definition) is 4. The highest BCUT2D eigenvalue weighted by Crippen LogP contribution is 2.35. The molecule has 0 unspecified atom stereocenters. The maximum atomic E-state index is 14.2. The van der Waals surface area contributed by atoms with Crippen molar-refractivity contribution in [2.75, 3.05) is 23.4 Å². The number of rotatable bonds is 11. The van der Waals surface area contributed by atoms with Crippen LogP contribution in [0.1, 0.15) is 67.9 Å². The molecule has 1 aliphatic rings. The number of nitrogens with zero attached hydrogens (tertiary/aromatic N) is 3. The maximum Gasteiger partial charge on any atom is 0.355 e. The molecule has 6 N–H and O–H groups in total. The van der Waals surface area contributed by atoms with Gasteiger partial charge in [0.1, 0.15) is 11.6 Å². The summed E-state index contributed by atoms with van der Waals surface area (Å²) >= 11 is 2.82. The van der Waals surface area contributed by atoms with Gasteiger partial charge in [-0.15, -0.1) is 11.3 Å². The number of hydrogen-bond acceptors (Lipinski definition) is 10. The number of nitrogens with one attached hydrogen (secondary N) is 1. The number of fused-ring (bicyclic) bond motifs is 1. The third-order valence-electron chi connectivity index (χ3n) is 7.13. The second kappa shape index (κ2) is 15.0. The Morgan fingerprint density at radius 3 is 2.66 bits per heavy atom. The van der Waals surface area contributed by atoms with Crippen molar-refractivity contribution >= 4 is 49.1 Å². The molecule has 9 nitrogen and oxygen atoms in total. The summed E-state index contributed by atoms with van der Waals surface area (Å²) in [6.45, 7) is 8.73. The summed E-state index contributed by atoms with van der Waals surface area (Å²) in [6.07, 6.45) is 3.20. The molecule has 0 saturated carbocycles. The van der Waals surface area contributed by atoms with Crippen LogP contribution in [0.2, 0.25) is 0 Å². The number of halogens is 1. The van der Waals surface area contributed by atoms with Gasteiger partial charge in [0.2, 0.25) is 0 Å². The Hall–Kier alpha value is -4.16. The number of aromatic carboxylic acids is 1. The summed E-state index contributed by atoms with van der Waals surface area (Å²) in [7, 11) is 0. The first kappa shape index (κ1) is 32.7. The summed E-state index contributed by atoms with van der Waals surface area (Å²) in [5.74, 6) is -0.353. The number of nitrogens with two attached hydrogens (primary N) is 2. The van der Waals surface area contributed by atoms with Gasteiger partial charge in [0.25, 0.3) is 0 Å². The predicted octanol–water partition coefficient (Wildman–Crippen LogP) is 7.26. The molecule has 4 aromatic rings. The molecular weight excluding hydrogens is 600 g/mol. The standard InChI is InChI=1S/C30H33FN6O3S2.C2H6/c1-3-18-12-13-22(20(31)16-18)40-15-7-11-24-25(28(38)39)35-30(42-24)37-14-6-8-19(27(37)33)17(2)26(32)36-29-34-21-9-4-5-10-23(21)41-29;1-2/h4-5,9-10,12-13,16H,3,6-8,11,14-15,32-33H2,1-2H3,(H,34,36)(H,38,39);1-2H3/b26-17+;. The lowest BCUT2D eigenvalue weighted by Gasteiger charge is -2.30. The minimum Gasteiger partial charge on any atom is -0.491 e. The number of aryl methyl sites for hydroxylation is 2. The number of thiazole rings is 2. The predicted molar refractivity (Wildman–Crippen MR) is 178 cm³/mol. The van der Waals surface area contributed by atoms with Crippen LogP contribution in [0.5, 0.6) is 5.75 Å². The van der Waals surface area contributed by atoms with Gasteiger partial charge in [0.05, 0.1) is 16.8 Å². The third-order valence-corrected chi connectivity index (χ3v) is 9.22. The van der Waals surface area contributed by atoms with Crippen LogP contribution in [-0.4, -0.2) is 34.2 Å². The highest BCUT2D eigenvalue weighted by Gasteiger charge is 2.26. The zero-order chi connectivity index (χ0) is 31.8. The van der Waals surface area contributed by atoms with Gasteiger partial charge in [-0.2, -0.15) is 0 Å². The van der Waals surface area contributed by atoms with Gasteiger partial charge in [-0.05, 0) is 80.0 Å². The molecule has 0 radical (unpaired) electrons. The molecular formula is C32H39FN6O3S2. The number of carboxylic acids is 1. The Labute approximate surface area is 265 Å². The Kier molecular flexibility index (Phi) is 11.2. The van der Waals surface area contributed by atoms with Crippen LogP contribution in [0.15, 0.2) is 65.3 Å². The minimum atomic E-state index is -1.10. The molecule has 2 aromatic heterocycles. The van der Waals surface area contributed by atoms with Gasteiger partial charge >= 0.3 is 5.97 Å². The van der Waals surface area contributed by atoms with Gasteiger partial charge in [-0.25, -0.2) is 19.2 Å². The summed E-state index contributed by atoms with van der Waals surface area (Å²) in [4.78, 5) is 23.5. The third kappa shape index (κ3) is 7.48. The zero-order valence-electron chi connectivity index (χ0n) is 25.4. The summed E-state index contributed by atoms with van der Waals surface area (Å²) in [6, 6.07) is 12.8. The van der Waals surface area contributed by atoms with Gasteiger partial charge in [-0.1, -0.05) is 50.3 Å². The van der Waals surface area contributed by atoms with E-state index in [1.807, 2.05) is 62.9 Å². The molecule has 1 aliphatic heterocycles. The number of allylic oxidation sites excluding steroid dienone is 2. The van der Waals surface area contributed by atoms with E-state index in [4.69, 9.17) is 16.2 Å². The molecule has 5 rings (SSSR count). The average Bonchev–Trinajstić information content (AvgIpc) is 3.64. The van der Waals surface area contributed by atoms with Crippen LogP contribution in [0.4, 0.5) is 14.7 Å². The van der Waals surface area contributed by atoms with E-state index >= 15 is 0 Å². The van der Waals surface area contributed by atoms with E-state index in [-0.39, 0.29) is 18.1 Å². The fourth-order valence-electron chi connectivity index (χ4n) is 4.79. The van der Waals surface area contributed by atoms with Crippen LogP contribution < -0.4 is 26.4 Å². The Balaban J connectivity index is 0.00000216. The molecule has 0 saturated heterocycles. The molecule has 3 heterocycles. The van der Waals surface area contributed by atoms with Gasteiger partial charge < -0.3 is 31.5 Å². The van der Waals surface area contributed by atoms with E-state index in [1.165, 1.54) is 28.7 Å². The first-order valence-electron chi connectivity index (χ1n) is 14.7. The highest BCUT2D eigenvalue weighted by atomic mass is 32.1. The van der Waals surface area contributed by atoms with Crippen molar-refractivity contribution in [3.8, 4) is 5.75 Å². The Morgan fingerprint density at radius 2 is 1.95 bits per heavy atom. The van der Waals surface area contributed by atoms with Gasteiger partial charge in [0, 0.05) is 11.4 Å². The second-order valence-electron chi connectivity index (χ2n) is 9.91. The number of carbonyl (C=O) groups is 1. The lowest BCUT2D eigenvalue weighted by atomic mass is 9.99. The van der Waals surface area contributed by atoms with E-state index in [1.54, 1.807) is 6.07 Å². The van der Waals surface area contributed by atoms with E-state index in [0.29, 0.717) is 46.2 Å². The summed E-state index contributed by atoms with van der Waals surface area (Å²) < 4.78 is 20.9. The van der Waals surface area contributed by atoms with Gasteiger partial charge in [-0.3, -0.25) is 0 Å². The van der Waals surface area contributed by atoms with Crippen LogP contribution in [0.25, 0.3) is 10.2 Å². The van der Waals surface area contributed by atoms with E-state index in [9.17, 15) is 14.3 Å². The van der Waals surface area contributed by atoms with Crippen molar-refractivity contribution < 1.29 is 19.0 Å². The fourth-order valence-corrected chi connectivity index (χ4v) is 6.80. The van der Waals surface area contributed by atoms with E-state index < -0.39 is 11.8 Å². The molecule has 12 heteroatoms. The van der Waals surface area contributed by atoms with Crippen molar-refractivity contribution in [1.82, 2.24) is 9.97 Å². The molecule has 234 valence electrons. The average molecular weight is 639 g/mol. The molecule has 0 fully saturated rings. The highest BCUT2D eigenvalue weighted by molar-refractivity contribution is 7.22. The Bertz CT molecular complexity index is 1650. The minimum absolute atomic E-state index is 0.00215. The second-order valence-corrected chi connectivity index (χ2v) is 12.0. The van der Waals surface area contributed by atoms with Crippen LogP contribution in [0, 0.1) is 5.82 Å². The monoisotopic (exact) mass is 638 g/mol. The number of aromatic nitrogens is 2. The van der Waals surface area contributed by atoms with E-state index in [0.717, 1.165) is 46.2 Å². The molecule has 2 aromatic carbocycles. The summed E-state index contributed by atoms with van der Waals surface area (Å²) in [5.41, 5.74) is 16.6. The SMILES string of the molecule is CC.CCc1ccc(OCCCc2sc(N3CCCC(/C(C)=C(\N)Nc4nc5ccccc5s4)=C3N)nc2C(=O)O)c(F)c1. The van der Waals surface area contributed by atoms with Crippen LogP contribution in [-0.2, 0) is 12.8 Å². The Morgan fingerprint density at radius 1 is 1.18 bits per heavy atom. The smallest absolute Gasteiger partial charge is 0.355 e. The number of para-hydroxylation sites is 1. The number of carboxylic acid groups (broad SMARTS) is 1. The van der Waals surface area contributed by atoms with Crippen molar-refractivity contribution in [2.45, 2.75) is 59.8 Å². The quantitative estimate of drug-likeness (QED) is 0.125. The maximum absolute atomic E-state index is 14.2. The first-order chi connectivity index (χ1) is 21.2.